The number of carbonyl (C=O) groups excluding carboxylic acids is 2. The normalized spacial score (nSPS) is 18.7. The molecular weight excluding hydrogens is 348 g/mol. The number of benzene rings is 1. The molecule has 1 aromatic carbocycles. The van der Waals surface area contributed by atoms with Crippen LogP contribution in [0.3, 0.4) is 0 Å². The molecule has 1 aliphatic heterocycles. The van der Waals surface area contributed by atoms with Gasteiger partial charge in [0, 0.05) is 31.0 Å². The van der Waals surface area contributed by atoms with E-state index >= 15 is 0 Å². The Balaban J connectivity index is 1.71. The van der Waals surface area contributed by atoms with E-state index in [9.17, 15) is 9.59 Å². The number of nitrogens with zero attached hydrogens (tertiary/aromatic N) is 2. The van der Waals surface area contributed by atoms with Gasteiger partial charge in [0.25, 0.3) is 5.91 Å². The smallest absolute Gasteiger partial charge is 0.251 e. The van der Waals surface area contributed by atoms with Crippen molar-refractivity contribution in [2.24, 2.45) is 5.92 Å². The van der Waals surface area contributed by atoms with Crippen LogP contribution in [0, 0.1) is 5.92 Å². The van der Waals surface area contributed by atoms with Crippen LogP contribution < -0.4 is 5.32 Å². The molecule has 26 heavy (non-hydrogen) atoms. The highest BCUT2D eigenvalue weighted by atomic mass is 32.1. The molecule has 2 unspecified atom stereocenters. The number of aromatic nitrogens is 1. The summed E-state index contributed by atoms with van der Waals surface area (Å²) < 4.78 is 0. The fourth-order valence-electron chi connectivity index (χ4n) is 3.16. The number of fused-ring (bicyclic) bond motifs is 1. The number of amides is 2. The number of hydrogen-bond donors (Lipinski definition) is 2. The van der Waals surface area contributed by atoms with Gasteiger partial charge >= 0.3 is 0 Å². The molecule has 0 aliphatic carbocycles. The highest BCUT2D eigenvalue weighted by molar-refractivity contribution is 7.80. The predicted molar refractivity (Wildman–Crippen MR) is 107 cm³/mol. The average Bonchev–Trinajstić information content (AvgIpc) is 3.16. The van der Waals surface area contributed by atoms with Crippen molar-refractivity contribution >= 4 is 45.7 Å². The largest absolute Gasteiger partial charge is 0.361 e. The molecule has 2 atom stereocenters. The van der Waals surface area contributed by atoms with Gasteiger partial charge < -0.3 is 15.2 Å². The highest BCUT2D eigenvalue weighted by Crippen LogP contribution is 2.23. The first-order chi connectivity index (χ1) is 12.4. The van der Waals surface area contributed by atoms with E-state index in [1.165, 1.54) is 4.90 Å². The van der Waals surface area contributed by atoms with Crippen molar-refractivity contribution in [3.05, 3.63) is 30.5 Å². The number of nitrogens with one attached hydrogen (secondary N) is 2. The lowest BCUT2D eigenvalue weighted by Crippen LogP contribution is -2.40. The number of rotatable bonds is 6. The van der Waals surface area contributed by atoms with Gasteiger partial charge in [-0.2, -0.15) is 0 Å². The van der Waals surface area contributed by atoms with Crippen LogP contribution in [-0.4, -0.2) is 51.3 Å². The summed E-state index contributed by atoms with van der Waals surface area (Å²) in [6, 6.07) is 7.13. The number of carbonyl (C=O) groups is 2. The first-order valence-electron chi connectivity index (χ1n) is 8.85. The van der Waals surface area contributed by atoms with Crippen LogP contribution >= 0.6 is 12.2 Å². The van der Waals surface area contributed by atoms with Crippen LogP contribution in [0.2, 0.25) is 0 Å². The maximum absolute atomic E-state index is 12.5. The Hall–Kier alpha value is -2.41. The molecule has 2 amide bonds. The average molecular weight is 372 g/mol. The molecule has 1 aromatic heterocycles. The van der Waals surface area contributed by atoms with Crippen molar-refractivity contribution in [1.82, 2.24) is 14.8 Å². The summed E-state index contributed by atoms with van der Waals surface area (Å²) >= 11 is 5.40. The summed E-state index contributed by atoms with van der Waals surface area (Å²) in [6.45, 7) is 4.90. The molecule has 6 nitrogen and oxygen atoms in total. The Bertz CT molecular complexity index is 847. The van der Waals surface area contributed by atoms with E-state index in [-0.39, 0.29) is 18.2 Å². The third-order valence-corrected chi connectivity index (χ3v) is 5.46. The van der Waals surface area contributed by atoms with Crippen LogP contribution in [0.4, 0.5) is 5.69 Å². The second kappa shape index (κ2) is 7.45. The Labute approximate surface area is 158 Å². The molecule has 1 fully saturated rings. The summed E-state index contributed by atoms with van der Waals surface area (Å²) in [5.74, 6) is 0.0860. The lowest BCUT2D eigenvalue weighted by Gasteiger charge is -2.26. The Morgan fingerprint density at radius 3 is 2.88 bits per heavy atom. The number of hydrogen-bond acceptors (Lipinski definition) is 3. The minimum absolute atomic E-state index is 0.0858. The maximum atomic E-state index is 12.5. The molecule has 0 spiro atoms. The molecule has 1 aliphatic rings. The van der Waals surface area contributed by atoms with Gasteiger partial charge in [-0.1, -0.05) is 26.3 Å². The van der Waals surface area contributed by atoms with E-state index in [0.29, 0.717) is 23.3 Å². The van der Waals surface area contributed by atoms with Crippen LogP contribution in [0.1, 0.15) is 26.7 Å². The Morgan fingerprint density at radius 1 is 1.38 bits per heavy atom. The zero-order valence-corrected chi connectivity index (χ0v) is 16.1. The van der Waals surface area contributed by atoms with Gasteiger partial charge in [0.15, 0.2) is 5.11 Å². The summed E-state index contributed by atoms with van der Waals surface area (Å²) in [5.41, 5.74) is 1.67. The number of aromatic amines is 1. The molecule has 2 aromatic rings. The molecule has 138 valence electrons. The van der Waals surface area contributed by atoms with Crippen molar-refractivity contribution in [1.29, 1.82) is 0 Å². The van der Waals surface area contributed by atoms with Crippen molar-refractivity contribution in [2.75, 3.05) is 18.9 Å². The molecule has 2 heterocycles. The summed E-state index contributed by atoms with van der Waals surface area (Å²) in [4.78, 5) is 31.6. The topological polar surface area (TPSA) is 68.4 Å². The number of anilines is 1. The van der Waals surface area contributed by atoms with E-state index in [4.69, 9.17) is 12.2 Å². The van der Waals surface area contributed by atoms with Crippen molar-refractivity contribution in [2.45, 2.75) is 32.7 Å². The zero-order valence-electron chi connectivity index (χ0n) is 15.3. The first kappa shape index (κ1) is 18.4. The van der Waals surface area contributed by atoms with Crippen molar-refractivity contribution < 1.29 is 9.59 Å². The monoisotopic (exact) mass is 372 g/mol. The molecule has 1 saturated heterocycles. The van der Waals surface area contributed by atoms with Crippen molar-refractivity contribution in [3.8, 4) is 0 Å². The van der Waals surface area contributed by atoms with E-state index in [1.54, 1.807) is 7.05 Å². The standard InChI is InChI=1S/C19H24N4O2S/c1-4-12(2)11-23-16(18(25)22(3)19(23)26)10-17(24)21-14-6-5-13-7-8-20-15(13)9-14/h5-9,12,16,20H,4,10-11H2,1-3H3,(H,21,24). The SMILES string of the molecule is CCC(C)CN1C(=S)N(C)C(=O)C1CC(=O)Nc1ccc2cc[nH]c2c1. The summed E-state index contributed by atoms with van der Waals surface area (Å²) in [6.07, 6.45) is 2.94. The second-order valence-electron chi connectivity index (χ2n) is 6.89. The highest BCUT2D eigenvalue weighted by Gasteiger charge is 2.41. The molecule has 2 N–H and O–H groups in total. The van der Waals surface area contributed by atoms with E-state index in [2.05, 4.69) is 24.1 Å². The second-order valence-corrected chi connectivity index (χ2v) is 7.26. The van der Waals surface area contributed by atoms with Gasteiger partial charge in [-0.15, -0.1) is 0 Å². The van der Waals surface area contributed by atoms with Crippen LogP contribution in [0.25, 0.3) is 10.9 Å². The zero-order chi connectivity index (χ0) is 18.8. The fraction of sp³-hybridized carbons (Fsp3) is 0.421. The van der Waals surface area contributed by atoms with Gasteiger partial charge in [-0.25, -0.2) is 0 Å². The van der Waals surface area contributed by atoms with E-state index in [0.717, 1.165) is 17.3 Å². The third-order valence-electron chi connectivity index (χ3n) is 4.95. The molecular formula is C19H24N4O2S. The minimum Gasteiger partial charge on any atom is -0.361 e. The number of likely N-dealkylation sites (N-methyl/N-ethyl adjacent to an activating group) is 1. The van der Waals surface area contributed by atoms with Crippen molar-refractivity contribution in [3.63, 3.8) is 0 Å². The van der Waals surface area contributed by atoms with Crippen LogP contribution in [0.15, 0.2) is 30.5 Å². The van der Waals surface area contributed by atoms with Crippen LogP contribution in [-0.2, 0) is 9.59 Å². The Kier molecular flexibility index (Phi) is 5.27. The molecule has 3 rings (SSSR count). The Morgan fingerprint density at radius 2 is 2.15 bits per heavy atom. The molecule has 7 heteroatoms. The number of thiocarbonyl (C=S) groups is 1. The lowest BCUT2D eigenvalue weighted by molar-refractivity contribution is -0.130. The van der Waals surface area contributed by atoms with Gasteiger partial charge in [-0.3, -0.25) is 14.5 Å². The van der Waals surface area contributed by atoms with Gasteiger partial charge in [-0.05, 0) is 41.7 Å². The third kappa shape index (κ3) is 3.58. The molecule has 0 radical (unpaired) electrons. The van der Waals surface area contributed by atoms with Gasteiger partial charge in [0.05, 0.1) is 6.42 Å². The first-order valence-corrected chi connectivity index (χ1v) is 9.26. The maximum Gasteiger partial charge on any atom is 0.251 e. The molecule has 0 bridgehead atoms. The van der Waals surface area contributed by atoms with Gasteiger partial charge in [0.1, 0.15) is 6.04 Å². The summed E-state index contributed by atoms with van der Waals surface area (Å²) in [5, 5.41) is 4.47. The quantitative estimate of drug-likeness (QED) is 0.765. The minimum atomic E-state index is -0.532. The van der Waals surface area contributed by atoms with E-state index < -0.39 is 6.04 Å². The lowest BCUT2D eigenvalue weighted by atomic mass is 10.1. The predicted octanol–water partition coefficient (Wildman–Crippen LogP) is 2.97. The van der Waals surface area contributed by atoms with E-state index in [1.807, 2.05) is 35.4 Å². The fourth-order valence-corrected chi connectivity index (χ4v) is 3.45. The van der Waals surface area contributed by atoms with Crippen LogP contribution in [0.5, 0.6) is 0 Å². The van der Waals surface area contributed by atoms with Gasteiger partial charge in [0.2, 0.25) is 5.91 Å². The number of H-pyrrole nitrogens is 1. The molecule has 0 saturated carbocycles. The summed E-state index contributed by atoms with van der Waals surface area (Å²) in [7, 11) is 1.67.